The average Bonchev–Trinajstić information content (AvgIpc) is 2.69. The lowest BCUT2D eigenvalue weighted by molar-refractivity contribution is 0.0912. The fraction of sp³-hybridized carbons (Fsp3) is 0.643. The van der Waals surface area contributed by atoms with E-state index in [0.717, 1.165) is 17.7 Å². The highest BCUT2D eigenvalue weighted by atomic mass is 79.9. The van der Waals surface area contributed by atoms with Gasteiger partial charge in [-0.3, -0.25) is 4.79 Å². The van der Waals surface area contributed by atoms with Gasteiger partial charge >= 0.3 is 0 Å². The lowest BCUT2D eigenvalue weighted by atomic mass is 10.1. The molecule has 2 rings (SSSR count). The van der Waals surface area contributed by atoms with E-state index in [9.17, 15) is 4.79 Å². The summed E-state index contributed by atoms with van der Waals surface area (Å²) in [5.41, 5.74) is 1.38. The maximum absolute atomic E-state index is 12.2. The number of thiophene rings is 1. The molecule has 0 aliphatic heterocycles. The fourth-order valence-corrected chi connectivity index (χ4v) is 3.87. The van der Waals surface area contributed by atoms with E-state index in [-0.39, 0.29) is 11.9 Å². The maximum atomic E-state index is 12.2. The van der Waals surface area contributed by atoms with Crippen LogP contribution in [0, 0.1) is 0 Å². The molecule has 1 unspecified atom stereocenters. The molecule has 1 amide bonds. The molecule has 1 aromatic heterocycles. The molecule has 0 saturated carbocycles. The summed E-state index contributed by atoms with van der Waals surface area (Å²) in [7, 11) is 1.65. The van der Waals surface area contributed by atoms with Crippen molar-refractivity contribution in [1.29, 1.82) is 0 Å². The van der Waals surface area contributed by atoms with E-state index in [2.05, 4.69) is 27.3 Å². The smallest absolute Gasteiger partial charge is 0.261 e. The van der Waals surface area contributed by atoms with Crippen LogP contribution in [-0.2, 0) is 17.6 Å². The van der Waals surface area contributed by atoms with Gasteiger partial charge in [0.2, 0.25) is 0 Å². The van der Waals surface area contributed by atoms with Crippen LogP contribution in [0.3, 0.4) is 0 Å². The molecule has 1 heterocycles. The number of rotatable bonds is 5. The summed E-state index contributed by atoms with van der Waals surface area (Å²) in [5, 5.41) is 3.71. The van der Waals surface area contributed by atoms with Crippen molar-refractivity contribution in [2.75, 3.05) is 19.0 Å². The van der Waals surface area contributed by atoms with E-state index in [4.69, 9.17) is 4.74 Å². The molecule has 3 nitrogen and oxygen atoms in total. The number of halogens is 1. The van der Waals surface area contributed by atoms with Gasteiger partial charge in [0.15, 0.2) is 0 Å². The summed E-state index contributed by atoms with van der Waals surface area (Å²) in [6, 6.07) is 2.11. The molecule has 1 aromatic rings. The third-order valence-electron chi connectivity index (χ3n) is 3.36. The second-order valence-electron chi connectivity index (χ2n) is 4.90. The monoisotopic (exact) mass is 345 g/mol. The number of carbonyl (C=O) groups excluding carboxylic acids is 1. The molecule has 0 fully saturated rings. The fourth-order valence-electron chi connectivity index (χ4n) is 2.36. The van der Waals surface area contributed by atoms with E-state index in [1.165, 1.54) is 29.7 Å². The second kappa shape index (κ2) is 7.41. The van der Waals surface area contributed by atoms with Crippen LogP contribution < -0.4 is 5.32 Å². The summed E-state index contributed by atoms with van der Waals surface area (Å²) in [5.74, 6) is 0.0274. The molecule has 0 bridgehead atoms. The summed E-state index contributed by atoms with van der Waals surface area (Å²) in [4.78, 5) is 14.5. The minimum atomic E-state index is 0.0272. The zero-order valence-corrected chi connectivity index (χ0v) is 13.6. The summed E-state index contributed by atoms with van der Waals surface area (Å²) < 4.78 is 5.09. The first-order valence-electron chi connectivity index (χ1n) is 6.72. The van der Waals surface area contributed by atoms with Crippen LogP contribution in [0.1, 0.15) is 39.4 Å². The number of ether oxygens (including phenoxy) is 1. The van der Waals surface area contributed by atoms with Gasteiger partial charge in [0.05, 0.1) is 17.5 Å². The lowest BCUT2D eigenvalue weighted by Crippen LogP contribution is -2.38. The van der Waals surface area contributed by atoms with Gasteiger partial charge in [-0.2, -0.15) is 0 Å². The largest absolute Gasteiger partial charge is 0.383 e. The first-order chi connectivity index (χ1) is 9.24. The number of aryl methyl sites for hydroxylation is 2. The molecule has 106 valence electrons. The third-order valence-corrected chi connectivity index (χ3v) is 5.38. The average molecular weight is 346 g/mol. The number of fused-ring (bicyclic) bond motifs is 1. The molecule has 5 heteroatoms. The molecule has 1 aliphatic carbocycles. The Morgan fingerprint density at radius 1 is 1.47 bits per heavy atom. The Bertz CT molecular complexity index is 410. The Morgan fingerprint density at radius 2 is 2.26 bits per heavy atom. The molecule has 0 aromatic carbocycles. The number of methoxy groups -OCH3 is 1. The Balaban J connectivity index is 2.03. The number of amides is 1. The predicted octanol–water partition coefficient (Wildman–Crippen LogP) is 3.16. The van der Waals surface area contributed by atoms with Crippen LogP contribution in [0.2, 0.25) is 0 Å². The van der Waals surface area contributed by atoms with Crippen LogP contribution in [0.5, 0.6) is 0 Å². The molecule has 1 aliphatic rings. The highest BCUT2D eigenvalue weighted by Crippen LogP contribution is 2.28. The highest BCUT2D eigenvalue weighted by molar-refractivity contribution is 9.09. The van der Waals surface area contributed by atoms with Crippen molar-refractivity contribution in [3.63, 3.8) is 0 Å². The van der Waals surface area contributed by atoms with Crippen molar-refractivity contribution >= 4 is 33.2 Å². The standard InChI is InChI=1S/C14H20BrNO2S/c1-18-9-11(8-15)16-14(17)13-7-10-5-3-2-4-6-12(10)19-13/h7,11H,2-6,8-9H2,1H3,(H,16,17). The Labute approximate surface area is 126 Å². The van der Waals surface area contributed by atoms with Crippen molar-refractivity contribution in [2.45, 2.75) is 38.1 Å². The van der Waals surface area contributed by atoms with Crippen molar-refractivity contribution in [3.8, 4) is 0 Å². The van der Waals surface area contributed by atoms with Gasteiger partial charge in [-0.15, -0.1) is 11.3 Å². The van der Waals surface area contributed by atoms with Crippen molar-refractivity contribution in [3.05, 3.63) is 21.4 Å². The zero-order valence-electron chi connectivity index (χ0n) is 11.2. The molecule has 19 heavy (non-hydrogen) atoms. The van der Waals surface area contributed by atoms with Crippen LogP contribution in [0.15, 0.2) is 6.07 Å². The first-order valence-corrected chi connectivity index (χ1v) is 8.65. The number of hydrogen-bond acceptors (Lipinski definition) is 3. The summed E-state index contributed by atoms with van der Waals surface area (Å²) >= 11 is 5.05. The number of alkyl halides is 1. The van der Waals surface area contributed by atoms with Gasteiger partial charge in [-0.05, 0) is 37.3 Å². The van der Waals surface area contributed by atoms with E-state index in [1.54, 1.807) is 18.4 Å². The molecular formula is C14H20BrNO2S. The molecule has 0 spiro atoms. The van der Waals surface area contributed by atoms with Gasteiger partial charge in [-0.25, -0.2) is 0 Å². The van der Waals surface area contributed by atoms with E-state index < -0.39 is 0 Å². The lowest BCUT2D eigenvalue weighted by Gasteiger charge is -2.14. The number of hydrogen-bond donors (Lipinski definition) is 1. The third kappa shape index (κ3) is 4.04. The summed E-state index contributed by atoms with van der Waals surface area (Å²) in [6.07, 6.45) is 6.06. The van der Waals surface area contributed by atoms with Crippen LogP contribution in [0.25, 0.3) is 0 Å². The Hall–Kier alpha value is -0.390. The van der Waals surface area contributed by atoms with E-state index >= 15 is 0 Å². The van der Waals surface area contributed by atoms with Crippen molar-refractivity contribution in [1.82, 2.24) is 5.32 Å². The van der Waals surface area contributed by atoms with Crippen LogP contribution in [-0.4, -0.2) is 31.0 Å². The minimum absolute atomic E-state index is 0.0272. The molecule has 1 atom stereocenters. The normalized spacial score (nSPS) is 16.5. The predicted molar refractivity (Wildman–Crippen MR) is 82.5 cm³/mol. The minimum Gasteiger partial charge on any atom is -0.383 e. The summed E-state index contributed by atoms with van der Waals surface area (Å²) in [6.45, 7) is 0.530. The number of nitrogens with one attached hydrogen (secondary N) is 1. The quantitative estimate of drug-likeness (QED) is 0.657. The molecule has 1 N–H and O–H groups in total. The first kappa shape index (κ1) is 15.0. The topological polar surface area (TPSA) is 38.3 Å². The molecule has 0 radical (unpaired) electrons. The zero-order chi connectivity index (χ0) is 13.7. The molecule has 0 saturated heterocycles. The second-order valence-corrected chi connectivity index (χ2v) is 6.68. The van der Waals surface area contributed by atoms with Gasteiger partial charge < -0.3 is 10.1 Å². The van der Waals surface area contributed by atoms with E-state index in [1.807, 2.05) is 0 Å². The highest BCUT2D eigenvalue weighted by Gasteiger charge is 2.18. The Morgan fingerprint density at radius 3 is 3.00 bits per heavy atom. The maximum Gasteiger partial charge on any atom is 0.261 e. The van der Waals surface area contributed by atoms with Crippen molar-refractivity contribution in [2.24, 2.45) is 0 Å². The SMILES string of the molecule is COCC(CBr)NC(=O)c1cc2c(s1)CCCCC2. The van der Waals surface area contributed by atoms with Crippen LogP contribution in [0.4, 0.5) is 0 Å². The number of carbonyl (C=O) groups is 1. The molecular weight excluding hydrogens is 326 g/mol. The van der Waals surface area contributed by atoms with Gasteiger partial charge in [0, 0.05) is 17.3 Å². The Kier molecular flexibility index (Phi) is 5.85. The van der Waals surface area contributed by atoms with Gasteiger partial charge in [0.25, 0.3) is 5.91 Å². The van der Waals surface area contributed by atoms with E-state index in [0.29, 0.717) is 11.9 Å². The van der Waals surface area contributed by atoms with Gasteiger partial charge in [0.1, 0.15) is 0 Å². The van der Waals surface area contributed by atoms with Crippen molar-refractivity contribution < 1.29 is 9.53 Å². The van der Waals surface area contributed by atoms with Crippen LogP contribution >= 0.6 is 27.3 Å². The van der Waals surface area contributed by atoms with Gasteiger partial charge in [-0.1, -0.05) is 22.4 Å².